The lowest BCUT2D eigenvalue weighted by Crippen LogP contribution is -2.13. The molecule has 1 atom stereocenters. The summed E-state index contributed by atoms with van der Waals surface area (Å²) in [5, 5.41) is 0. The van der Waals surface area contributed by atoms with Crippen molar-refractivity contribution in [3.8, 4) is 0 Å². The summed E-state index contributed by atoms with van der Waals surface area (Å²) in [7, 11) is 0. The Kier molecular flexibility index (Phi) is 3.46. The first-order valence-corrected chi connectivity index (χ1v) is 6.13. The van der Waals surface area contributed by atoms with Crippen LogP contribution in [0, 0.1) is 11.8 Å². The zero-order valence-electron chi connectivity index (χ0n) is 8.67. The molecule has 0 bridgehead atoms. The fraction of sp³-hybridized carbons (Fsp3) is 0.846. The molecule has 2 aliphatic rings. The third-order valence-electron chi connectivity index (χ3n) is 3.80. The second-order valence-electron chi connectivity index (χ2n) is 4.77. The standard InChI is InChI=1S/C13H22/c1-2-5-9-12(8-4-1)13-10-6-3-7-11-13/h6,10,12-13H,1-5,7-9,11H2. The largest absolute Gasteiger partial charge is 0.0882 e. The van der Waals surface area contributed by atoms with E-state index in [1.54, 1.807) is 0 Å². The number of allylic oxidation sites excluding steroid dienone is 2. The van der Waals surface area contributed by atoms with Crippen LogP contribution in [0.2, 0.25) is 0 Å². The lowest BCUT2D eigenvalue weighted by Gasteiger charge is -2.25. The van der Waals surface area contributed by atoms with Crippen LogP contribution in [0.25, 0.3) is 0 Å². The summed E-state index contributed by atoms with van der Waals surface area (Å²) in [6.45, 7) is 0. The molecule has 0 aliphatic heterocycles. The fourth-order valence-electron chi connectivity index (χ4n) is 2.97. The van der Waals surface area contributed by atoms with Gasteiger partial charge >= 0.3 is 0 Å². The van der Waals surface area contributed by atoms with E-state index in [0.29, 0.717) is 0 Å². The van der Waals surface area contributed by atoms with Gasteiger partial charge in [0.25, 0.3) is 0 Å². The van der Waals surface area contributed by atoms with Crippen LogP contribution in [0.15, 0.2) is 12.2 Å². The van der Waals surface area contributed by atoms with E-state index in [1.807, 2.05) is 0 Å². The molecule has 0 heterocycles. The first-order chi connectivity index (χ1) is 6.47. The predicted molar refractivity (Wildman–Crippen MR) is 57.7 cm³/mol. The molecule has 0 saturated heterocycles. The molecule has 1 unspecified atom stereocenters. The van der Waals surface area contributed by atoms with Crippen molar-refractivity contribution in [1.29, 1.82) is 0 Å². The molecule has 1 fully saturated rings. The Morgan fingerprint density at radius 3 is 2.15 bits per heavy atom. The van der Waals surface area contributed by atoms with Gasteiger partial charge in [-0.2, -0.15) is 0 Å². The van der Waals surface area contributed by atoms with Crippen LogP contribution in [0.1, 0.15) is 57.8 Å². The van der Waals surface area contributed by atoms with E-state index < -0.39 is 0 Å². The van der Waals surface area contributed by atoms with Crippen molar-refractivity contribution in [2.75, 3.05) is 0 Å². The van der Waals surface area contributed by atoms with Gasteiger partial charge < -0.3 is 0 Å². The molecule has 0 radical (unpaired) electrons. The minimum atomic E-state index is 0.951. The molecule has 0 spiro atoms. The van der Waals surface area contributed by atoms with Gasteiger partial charge in [0.2, 0.25) is 0 Å². The minimum Gasteiger partial charge on any atom is -0.0882 e. The van der Waals surface area contributed by atoms with Crippen molar-refractivity contribution < 1.29 is 0 Å². The second kappa shape index (κ2) is 4.83. The van der Waals surface area contributed by atoms with Gasteiger partial charge in [0.15, 0.2) is 0 Å². The Balaban J connectivity index is 1.89. The molecule has 0 heteroatoms. The van der Waals surface area contributed by atoms with Crippen LogP contribution in [-0.2, 0) is 0 Å². The molecule has 1 saturated carbocycles. The van der Waals surface area contributed by atoms with Gasteiger partial charge in [0.05, 0.1) is 0 Å². The quantitative estimate of drug-likeness (QED) is 0.414. The van der Waals surface area contributed by atoms with Crippen molar-refractivity contribution in [3.05, 3.63) is 12.2 Å². The van der Waals surface area contributed by atoms with E-state index in [0.717, 1.165) is 11.8 Å². The number of rotatable bonds is 1. The van der Waals surface area contributed by atoms with Crippen molar-refractivity contribution >= 4 is 0 Å². The van der Waals surface area contributed by atoms with E-state index in [9.17, 15) is 0 Å². The maximum atomic E-state index is 2.51. The molecule has 2 aliphatic carbocycles. The van der Waals surface area contributed by atoms with Gasteiger partial charge in [0, 0.05) is 0 Å². The average Bonchev–Trinajstić information content (AvgIpc) is 2.47. The van der Waals surface area contributed by atoms with Gasteiger partial charge in [-0.1, -0.05) is 37.8 Å². The van der Waals surface area contributed by atoms with Crippen LogP contribution < -0.4 is 0 Å². The molecule has 0 aromatic rings. The highest BCUT2D eigenvalue weighted by Crippen LogP contribution is 2.34. The van der Waals surface area contributed by atoms with Crippen molar-refractivity contribution in [1.82, 2.24) is 0 Å². The maximum Gasteiger partial charge on any atom is -0.0205 e. The van der Waals surface area contributed by atoms with Crippen molar-refractivity contribution in [2.45, 2.75) is 57.8 Å². The summed E-state index contributed by atoms with van der Waals surface area (Å²) in [4.78, 5) is 0. The summed E-state index contributed by atoms with van der Waals surface area (Å²) in [5.74, 6) is 1.99. The van der Waals surface area contributed by atoms with Gasteiger partial charge in [-0.05, 0) is 43.9 Å². The molecule has 13 heavy (non-hydrogen) atoms. The summed E-state index contributed by atoms with van der Waals surface area (Å²) < 4.78 is 0. The smallest absolute Gasteiger partial charge is 0.0205 e. The Hall–Kier alpha value is -0.260. The van der Waals surface area contributed by atoms with Gasteiger partial charge in [-0.15, -0.1) is 0 Å². The molecule has 74 valence electrons. The fourth-order valence-corrected chi connectivity index (χ4v) is 2.97. The Labute approximate surface area is 82.4 Å². The highest BCUT2D eigenvalue weighted by atomic mass is 14.3. The molecule has 0 aromatic carbocycles. The van der Waals surface area contributed by atoms with Gasteiger partial charge in [-0.3, -0.25) is 0 Å². The highest BCUT2D eigenvalue weighted by Gasteiger charge is 2.21. The van der Waals surface area contributed by atoms with Crippen LogP contribution in [0.3, 0.4) is 0 Å². The summed E-state index contributed by atoms with van der Waals surface area (Å²) >= 11 is 0. The van der Waals surface area contributed by atoms with E-state index in [1.165, 1.54) is 57.8 Å². The van der Waals surface area contributed by atoms with E-state index in [2.05, 4.69) is 12.2 Å². The first kappa shape index (κ1) is 9.30. The second-order valence-corrected chi connectivity index (χ2v) is 4.77. The highest BCUT2D eigenvalue weighted by molar-refractivity contribution is 4.95. The zero-order valence-corrected chi connectivity index (χ0v) is 8.67. The van der Waals surface area contributed by atoms with Crippen LogP contribution >= 0.6 is 0 Å². The predicted octanol–water partition coefficient (Wildman–Crippen LogP) is 4.31. The number of hydrogen-bond acceptors (Lipinski definition) is 0. The molecule has 0 aromatic heterocycles. The van der Waals surface area contributed by atoms with Crippen molar-refractivity contribution in [2.24, 2.45) is 11.8 Å². The molecule has 0 amide bonds. The molecular formula is C13H22. The van der Waals surface area contributed by atoms with Gasteiger partial charge in [0.1, 0.15) is 0 Å². The maximum absolute atomic E-state index is 2.51. The summed E-state index contributed by atoms with van der Waals surface area (Å²) in [6, 6.07) is 0. The minimum absolute atomic E-state index is 0.951. The molecule has 0 nitrogen and oxygen atoms in total. The Morgan fingerprint density at radius 2 is 1.54 bits per heavy atom. The summed E-state index contributed by atoms with van der Waals surface area (Å²) in [5.41, 5.74) is 0. The average molecular weight is 178 g/mol. The lowest BCUT2D eigenvalue weighted by molar-refractivity contribution is 0.322. The van der Waals surface area contributed by atoms with Gasteiger partial charge in [-0.25, -0.2) is 0 Å². The third kappa shape index (κ3) is 2.59. The zero-order chi connectivity index (χ0) is 8.93. The normalized spacial score (nSPS) is 31.5. The van der Waals surface area contributed by atoms with E-state index in [4.69, 9.17) is 0 Å². The molecular weight excluding hydrogens is 156 g/mol. The van der Waals surface area contributed by atoms with Crippen LogP contribution in [0.5, 0.6) is 0 Å². The topological polar surface area (TPSA) is 0 Å². The first-order valence-electron chi connectivity index (χ1n) is 6.13. The van der Waals surface area contributed by atoms with E-state index in [-0.39, 0.29) is 0 Å². The monoisotopic (exact) mass is 178 g/mol. The molecule has 2 rings (SSSR count). The van der Waals surface area contributed by atoms with E-state index >= 15 is 0 Å². The van der Waals surface area contributed by atoms with Crippen LogP contribution in [-0.4, -0.2) is 0 Å². The molecule has 0 N–H and O–H groups in total. The third-order valence-corrected chi connectivity index (χ3v) is 3.80. The van der Waals surface area contributed by atoms with Crippen molar-refractivity contribution in [3.63, 3.8) is 0 Å². The van der Waals surface area contributed by atoms with Crippen LogP contribution in [0.4, 0.5) is 0 Å². The SMILES string of the molecule is C1=CC(C2CCCCCC2)CCC1. The Bertz CT molecular complexity index is 161. The number of hydrogen-bond donors (Lipinski definition) is 0. The lowest BCUT2D eigenvalue weighted by atomic mass is 9.80. The summed E-state index contributed by atoms with van der Waals surface area (Å²) in [6.07, 6.45) is 18.2. The Morgan fingerprint density at radius 1 is 0.769 bits per heavy atom.